The van der Waals surface area contributed by atoms with Crippen molar-refractivity contribution in [2.45, 2.75) is 97.7 Å². The highest BCUT2D eigenvalue weighted by Gasteiger charge is 2.27. The maximum Gasteiger partial charge on any atom is 0.508 e. The molecule has 0 atom stereocenters. The summed E-state index contributed by atoms with van der Waals surface area (Å²) in [4.78, 5) is 23.4. The lowest BCUT2D eigenvalue weighted by Crippen LogP contribution is -2.30. The van der Waals surface area contributed by atoms with Gasteiger partial charge in [-0.25, -0.2) is 9.59 Å². The molecule has 0 saturated heterocycles. The first-order valence-electron chi connectivity index (χ1n) is 10.5. The van der Waals surface area contributed by atoms with E-state index in [1.54, 1.807) is 0 Å². The van der Waals surface area contributed by atoms with Gasteiger partial charge in [0.05, 0.1) is 13.2 Å². The van der Waals surface area contributed by atoms with E-state index in [1.165, 1.54) is 12.8 Å². The molecular formula is C21H38O6. The number of hydrogen-bond acceptors (Lipinski definition) is 6. The summed E-state index contributed by atoms with van der Waals surface area (Å²) in [5.74, 6) is 1.21. The Bertz CT molecular complexity index is 413. The highest BCUT2D eigenvalue weighted by atomic mass is 16.7. The molecule has 1 rings (SSSR count). The normalized spacial score (nSPS) is 19.8. The monoisotopic (exact) mass is 386 g/mol. The number of unbranched alkanes of at least 4 members (excludes halogenated alkanes) is 2. The van der Waals surface area contributed by atoms with Gasteiger partial charge in [0.1, 0.15) is 12.2 Å². The van der Waals surface area contributed by atoms with Gasteiger partial charge in [0.2, 0.25) is 0 Å². The van der Waals surface area contributed by atoms with Gasteiger partial charge in [-0.1, -0.05) is 47.0 Å². The molecule has 6 heteroatoms. The Morgan fingerprint density at radius 3 is 1.67 bits per heavy atom. The van der Waals surface area contributed by atoms with E-state index >= 15 is 0 Å². The van der Waals surface area contributed by atoms with Crippen LogP contribution < -0.4 is 0 Å². The molecule has 6 nitrogen and oxygen atoms in total. The van der Waals surface area contributed by atoms with Crippen molar-refractivity contribution in [3.05, 3.63) is 0 Å². The standard InChI is InChI=1S/C21H38O6/c1-16(2)8-6-5-7-14-24-20(22)26-18-9-11-19(12-10-18)27-21(23)25-15-13-17(3)4/h16-19H,5-15H2,1-4H3. The van der Waals surface area contributed by atoms with Gasteiger partial charge in [-0.15, -0.1) is 0 Å². The van der Waals surface area contributed by atoms with Crippen LogP contribution in [0.4, 0.5) is 9.59 Å². The van der Waals surface area contributed by atoms with Crippen LogP contribution >= 0.6 is 0 Å². The first kappa shape index (κ1) is 23.6. The lowest BCUT2D eigenvalue weighted by Gasteiger charge is -2.27. The largest absolute Gasteiger partial charge is 0.508 e. The fourth-order valence-electron chi connectivity index (χ4n) is 2.97. The van der Waals surface area contributed by atoms with Crippen LogP contribution in [0.3, 0.4) is 0 Å². The van der Waals surface area contributed by atoms with Gasteiger partial charge in [-0.3, -0.25) is 0 Å². The molecule has 0 aromatic heterocycles. The maximum atomic E-state index is 11.7. The number of ether oxygens (including phenoxy) is 4. The van der Waals surface area contributed by atoms with Gasteiger partial charge < -0.3 is 18.9 Å². The molecule has 0 N–H and O–H groups in total. The van der Waals surface area contributed by atoms with Gasteiger partial charge in [0, 0.05) is 0 Å². The van der Waals surface area contributed by atoms with Crippen LogP contribution in [0, 0.1) is 11.8 Å². The molecule has 0 bridgehead atoms. The second kappa shape index (κ2) is 13.7. The quantitative estimate of drug-likeness (QED) is 0.327. The summed E-state index contributed by atoms with van der Waals surface area (Å²) < 4.78 is 20.9. The Balaban J connectivity index is 2.05. The van der Waals surface area contributed by atoms with Gasteiger partial charge in [0.15, 0.2) is 0 Å². The summed E-state index contributed by atoms with van der Waals surface area (Å²) >= 11 is 0. The van der Waals surface area contributed by atoms with Crippen LogP contribution in [-0.4, -0.2) is 37.7 Å². The predicted octanol–water partition coefficient (Wildman–Crippen LogP) is 5.87. The molecule has 27 heavy (non-hydrogen) atoms. The van der Waals surface area contributed by atoms with Gasteiger partial charge >= 0.3 is 12.3 Å². The Labute approximate surface area is 164 Å². The molecule has 1 aliphatic rings. The zero-order valence-corrected chi connectivity index (χ0v) is 17.5. The van der Waals surface area contributed by atoms with Crippen molar-refractivity contribution in [3.8, 4) is 0 Å². The molecular weight excluding hydrogens is 348 g/mol. The predicted molar refractivity (Wildman–Crippen MR) is 104 cm³/mol. The van der Waals surface area contributed by atoms with Gasteiger partial charge in [-0.05, 0) is 50.4 Å². The summed E-state index contributed by atoms with van der Waals surface area (Å²) in [6, 6.07) is 0. The first-order valence-corrected chi connectivity index (χ1v) is 10.5. The van der Waals surface area contributed by atoms with Crippen molar-refractivity contribution in [2.24, 2.45) is 11.8 Å². The minimum atomic E-state index is -0.600. The zero-order valence-electron chi connectivity index (χ0n) is 17.5. The molecule has 158 valence electrons. The van der Waals surface area contributed by atoms with Crippen LogP contribution in [0.1, 0.15) is 85.5 Å². The third kappa shape index (κ3) is 12.5. The number of carbonyl (C=O) groups excluding carboxylic acids is 2. The lowest BCUT2D eigenvalue weighted by molar-refractivity contribution is -0.0274. The molecule has 1 fully saturated rings. The third-order valence-corrected chi connectivity index (χ3v) is 4.71. The number of rotatable bonds is 11. The van der Waals surface area contributed by atoms with Crippen molar-refractivity contribution in [2.75, 3.05) is 13.2 Å². The molecule has 0 unspecified atom stereocenters. The lowest BCUT2D eigenvalue weighted by atomic mass is 9.95. The first-order chi connectivity index (χ1) is 12.9. The van der Waals surface area contributed by atoms with Crippen molar-refractivity contribution in [1.29, 1.82) is 0 Å². The molecule has 0 aromatic rings. The minimum Gasteiger partial charge on any atom is -0.434 e. The van der Waals surface area contributed by atoms with E-state index in [0.717, 1.165) is 25.2 Å². The van der Waals surface area contributed by atoms with Crippen LogP contribution in [0.25, 0.3) is 0 Å². The Kier molecular flexibility index (Phi) is 11.9. The Morgan fingerprint density at radius 2 is 1.19 bits per heavy atom. The van der Waals surface area contributed by atoms with E-state index in [9.17, 15) is 9.59 Å². The van der Waals surface area contributed by atoms with E-state index in [4.69, 9.17) is 18.9 Å². The fourth-order valence-corrected chi connectivity index (χ4v) is 2.97. The van der Waals surface area contributed by atoms with E-state index in [-0.39, 0.29) is 12.2 Å². The molecule has 0 amide bonds. The van der Waals surface area contributed by atoms with Crippen LogP contribution in [0.5, 0.6) is 0 Å². The van der Waals surface area contributed by atoms with Crippen molar-refractivity contribution in [1.82, 2.24) is 0 Å². The molecule has 1 aliphatic carbocycles. The summed E-state index contributed by atoms with van der Waals surface area (Å²) in [6.07, 6.45) is 6.34. The molecule has 0 aliphatic heterocycles. The summed E-state index contributed by atoms with van der Waals surface area (Å²) in [5.41, 5.74) is 0. The number of hydrogen-bond donors (Lipinski definition) is 0. The third-order valence-electron chi connectivity index (χ3n) is 4.71. The molecule has 1 saturated carbocycles. The minimum absolute atomic E-state index is 0.157. The Morgan fingerprint density at radius 1 is 0.704 bits per heavy atom. The average molecular weight is 387 g/mol. The second-order valence-corrected chi connectivity index (χ2v) is 8.26. The van der Waals surface area contributed by atoms with E-state index < -0.39 is 12.3 Å². The van der Waals surface area contributed by atoms with Crippen LogP contribution in [0.15, 0.2) is 0 Å². The highest BCUT2D eigenvalue weighted by Crippen LogP contribution is 2.24. The van der Waals surface area contributed by atoms with Gasteiger partial charge in [0.25, 0.3) is 0 Å². The summed E-state index contributed by atoms with van der Waals surface area (Å²) in [5, 5.41) is 0. The molecule has 0 radical (unpaired) electrons. The molecule has 0 heterocycles. The Hall–Kier alpha value is -1.46. The maximum absolute atomic E-state index is 11.7. The molecule has 0 aromatic carbocycles. The van der Waals surface area contributed by atoms with Crippen molar-refractivity contribution < 1.29 is 28.5 Å². The summed E-state index contributed by atoms with van der Waals surface area (Å²) in [7, 11) is 0. The topological polar surface area (TPSA) is 71.1 Å². The average Bonchev–Trinajstić information content (AvgIpc) is 2.59. The van der Waals surface area contributed by atoms with Gasteiger partial charge in [-0.2, -0.15) is 0 Å². The van der Waals surface area contributed by atoms with Crippen LogP contribution in [0.2, 0.25) is 0 Å². The van der Waals surface area contributed by atoms with Crippen LogP contribution in [-0.2, 0) is 18.9 Å². The van der Waals surface area contributed by atoms with E-state index in [0.29, 0.717) is 44.8 Å². The van der Waals surface area contributed by atoms with E-state index in [1.807, 2.05) is 0 Å². The fraction of sp³-hybridized carbons (Fsp3) is 0.905. The second-order valence-electron chi connectivity index (χ2n) is 8.26. The summed E-state index contributed by atoms with van der Waals surface area (Å²) in [6.45, 7) is 9.38. The van der Waals surface area contributed by atoms with E-state index in [2.05, 4.69) is 27.7 Å². The van der Waals surface area contributed by atoms with Crippen molar-refractivity contribution >= 4 is 12.3 Å². The smallest absolute Gasteiger partial charge is 0.434 e. The highest BCUT2D eigenvalue weighted by molar-refractivity contribution is 5.60. The number of carbonyl (C=O) groups is 2. The SMILES string of the molecule is CC(C)CCCCCOC(=O)OC1CCC(OC(=O)OCCC(C)C)CC1. The van der Waals surface area contributed by atoms with Crippen molar-refractivity contribution in [3.63, 3.8) is 0 Å². The zero-order chi connectivity index (χ0) is 20.1. The molecule has 0 spiro atoms.